The minimum atomic E-state index is 0.299. The van der Waals surface area contributed by atoms with Gasteiger partial charge in [-0.3, -0.25) is 9.89 Å². The maximum atomic E-state index is 5.66. The summed E-state index contributed by atoms with van der Waals surface area (Å²) in [6, 6.07) is 8.37. The number of guanidine groups is 1. The van der Waals surface area contributed by atoms with Crippen LogP contribution in [0.3, 0.4) is 0 Å². The second-order valence-corrected chi connectivity index (χ2v) is 7.66. The topological polar surface area (TPSA) is 61.4 Å². The second kappa shape index (κ2) is 11.9. The molecule has 7 nitrogen and oxygen atoms in total. The monoisotopic (exact) mass is 403 g/mol. The van der Waals surface area contributed by atoms with Crippen molar-refractivity contribution in [2.75, 3.05) is 71.0 Å². The van der Waals surface area contributed by atoms with Crippen molar-refractivity contribution in [3.63, 3.8) is 0 Å². The summed E-state index contributed by atoms with van der Waals surface area (Å²) in [7, 11) is 1.71. The number of benzene rings is 1. The Kier molecular flexibility index (Phi) is 8.89. The SMILES string of the molecule is CCNC(=NCC1CCCO1)NCCCN1CCN(c2ccc(OC)cc2)CC1. The zero-order chi connectivity index (χ0) is 20.3. The molecule has 0 aliphatic carbocycles. The van der Waals surface area contributed by atoms with Gasteiger partial charge in [0.2, 0.25) is 0 Å². The highest BCUT2D eigenvalue weighted by Gasteiger charge is 2.17. The number of anilines is 1. The Morgan fingerprint density at radius 3 is 2.62 bits per heavy atom. The highest BCUT2D eigenvalue weighted by molar-refractivity contribution is 5.79. The number of aliphatic imine (C=N–C) groups is 1. The fourth-order valence-corrected chi connectivity index (χ4v) is 3.86. The van der Waals surface area contributed by atoms with Gasteiger partial charge in [0, 0.05) is 51.6 Å². The Hall–Kier alpha value is -1.99. The van der Waals surface area contributed by atoms with Crippen LogP contribution in [0.5, 0.6) is 5.75 Å². The van der Waals surface area contributed by atoms with Crippen LogP contribution in [-0.2, 0) is 4.74 Å². The van der Waals surface area contributed by atoms with Crippen LogP contribution >= 0.6 is 0 Å². The van der Waals surface area contributed by atoms with E-state index >= 15 is 0 Å². The largest absolute Gasteiger partial charge is 0.497 e. The molecule has 7 heteroatoms. The van der Waals surface area contributed by atoms with Gasteiger partial charge in [0.15, 0.2) is 5.96 Å². The Labute approximate surface area is 175 Å². The first-order valence-corrected chi connectivity index (χ1v) is 11.0. The molecule has 1 unspecified atom stereocenters. The molecule has 2 aliphatic heterocycles. The van der Waals surface area contributed by atoms with Gasteiger partial charge in [-0.25, -0.2) is 0 Å². The normalized spacial score (nSPS) is 20.7. The molecule has 0 spiro atoms. The summed E-state index contributed by atoms with van der Waals surface area (Å²) >= 11 is 0. The minimum absolute atomic E-state index is 0.299. The molecule has 0 amide bonds. The van der Waals surface area contributed by atoms with E-state index < -0.39 is 0 Å². The lowest BCUT2D eigenvalue weighted by Gasteiger charge is -2.36. The van der Waals surface area contributed by atoms with Gasteiger partial charge in [-0.15, -0.1) is 0 Å². The lowest BCUT2D eigenvalue weighted by atomic mass is 10.2. The predicted octanol–water partition coefficient (Wildman–Crippen LogP) is 1.94. The molecular formula is C22H37N5O2. The molecule has 2 N–H and O–H groups in total. The molecule has 2 aliphatic rings. The van der Waals surface area contributed by atoms with E-state index in [0.717, 1.165) is 89.9 Å². The molecule has 29 heavy (non-hydrogen) atoms. The van der Waals surface area contributed by atoms with Crippen LogP contribution in [0.4, 0.5) is 5.69 Å². The summed E-state index contributed by atoms with van der Waals surface area (Å²) in [6.07, 6.45) is 3.71. The van der Waals surface area contributed by atoms with Gasteiger partial charge in [0.05, 0.1) is 19.8 Å². The van der Waals surface area contributed by atoms with Crippen molar-refractivity contribution in [1.29, 1.82) is 0 Å². The van der Waals surface area contributed by atoms with Gasteiger partial charge in [-0.2, -0.15) is 0 Å². The molecule has 2 saturated heterocycles. The van der Waals surface area contributed by atoms with Crippen LogP contribution in [0.15, 0.2) is 29.3 Å². The van der Waals surface area contributed by atoms with Crippen molar-refractivity contribution in [3.8, 4) is 5.75 Å². The lowest BCUT2D eigenvalue weighted by Crippen LogP contribution is -2.47. The smallest absolute Gasteiger partial charge is 0.191 e. The predicted molar refractivity (Wildman–Crippen MR) is 119 cm³/mol. The number of nitrogens with zero attached hydrogens (tertiary/aromatic N) is 3. The summed E-state index contributed by atoms with van der Waals surface area (Å²) in [4.78, 5) is 9.68. The highest BCUT2D eigenvalue weighted by atomic mass is 16.5. The Morgan fingerprint density at radius 2 is 1.97 bits per heavy atom. The molecule has 2 heterocycles. The van der Waals surface area contributed by atoms with Crippen LogP contribution in [-0.4, -0.2) is 83.0 Å². The molecule has 3 rings (SSSR count). The molecule has 0 bridgehead atoms. The third kappa shape index (κ3) is 7.08. The summed E-state index contributed by atoms with van der Waals surface area (Å²) in [5.74, 6) is 1.82. The average molecular weight is 404 g/mol. The van der Waals surface area contributed by atoms with Gasteiger partial charge in [-0.05, 0) is 57.0 Å². The summed E-state index contributed by atoms with van der Waals surface area (Å²) in [5.41, 5.74) is 1.28. The Bertz CT molecular complexity index is 608. The molecule has 0 saturated carbocycles. The Balaban J connectivity index is 1.32. The molecular weight excluding hydrogens is 366 g/mol. The quantitative estimate of drug-likeness (QED) is 0.373. The van der Waals surface area contributed by atoms with Crippen LogP contribution in [0.25, 0.3) is 0 Å². The maximum absolute atomic E-state index is 5.66. The lowest BCUT2D eigenvalue weighted by molar-refractivity contribution is 0.117. The number of methoxy groups -OCH3 is 1. The van der Waals surface area contributed by atoms with Crippen LogP contribution < -0.4 is 20.3 Å². The molecule has 0 aromatic heterocycles. The standard InChI is InChI=1S/C22H37N5O2/c1-3-23-22(25-18-21-6-4-17-29-21)24-11-5-12-26-13-15-27(16-14-26)19-7-9-20(28-2)10-8-19/h7-10,21H,3-6,11-18H2,1-2H3,(H2,23,24,25). The van der Waals surface area contributed by atoms with E-state index in [0.29, 0.717) is 6.10 Å². The minimum Gasteiger partial charge on any atom is -0.497 e. The number of piperazine rings is 1. The average Bonchev–Trinajstić information content (AvgIpc) is 3.29. The fraction of sp³-hybridized carbons (Fsp3) is 0.682. The van der Waals surface area contributed by atoms with E-state index in [1.165, 1.54) is 5.69 Å². The molecule has 162 valence electrons. The number of hydrogen-bond donors (Lipinski definition) is 2. The first-order chi connectivity index (χ1) is 14.3. The number of ether oxygens (including phenoxy) is 2. The van der Waals surface area contributed by atoms with Crippen molar-refractivity contribution < 1.29 is 9.47 Å². The van der Waals surface area contributed by atoms with Crippen molar-refractivity contribution >= 4 is 11.6 Å². The van der Waals surface area contributed by atoms with E-state index in [1.807, 2.05) is 12.1 Å². The molecule has 2 fully saturated rings. The third-order valence-electron chi connectivity index (χ3n) is 5.57. The van der Waals surface area contributed by atoms with Crippen molar-refractivity contribution in [2.45, 2.75) is 32.3 Å². The molecule has 0 radical (unpaired) electrons. The third-order valence-corrected chi connectivity index (χ3v) is 5.57. The van der Waals surface area contributed by atoms with Crippen LogP contribution in [0.1, 0.15) is 26.2 Å². The van der Waals surface area contributed by atoms with Gasteiger partial charge in [0.1, 0.15) is 5.75 Å². The summed E-state index contributed by atoms with van der Waals surface area (Å²) < 4.78 is 10.9. The van der Waals surface area contributed by atoms with Gasteiger partial charge < -0.3 is 25.0 Å². The van der Waals surface area contributed by atoms with E-state index in [2.05, 4.69) is 44.5 Å². The maximum Gasteiger partial charge on any atom is 0.191 e. The van der Waals surface area contributed by atoms with Gasteiger partial charge in [-0.1, -0.05) is 0 Å². The fourth-order valence-electron chi connectivity index (χ4n) is 3.86. The van der Waals surface area contributed by atoms with Crippen LogP contribution in [0.2, 0.25) is 0 Å². The van der Waals surface area contributed by atoms with E-state index in [4.69, 9.17) is 9.47 Å². The molecule has 1 atom stereocenters. The van der Waals surface area contributed by atoms with Crippen LogP contribution in [0, 0.1) is 0 Å². The van der Waals surface area contributed by atoms with Crippen molar-refractivity contribution in [2.24, 2.45) is 4.99 Å². The van der Waals surface area contributed by atoms with Crippen molar-refractivity contribution in [3.05, 3.63) is 24.3 Å². The zero-order valence-electron chi connectivity index (χ0n) is 18.0. The first-order valence-electron chi connectivity index (χ1n) is 11.0. The number of hydrogen-bond acceptors (Lipinski definition) is 5. The van der Waals surface area contributed by atoms with E-state index in [1.54, 1.807) is 7.11 Å². The van der Waals surface area contributed by atoms with Crippen molar-refractivity contribution in [1.82, 2.24) is 15.5 Å². The summed E-state index contributed by atoms with van der Waals surface area (Å²) in [6.45, 7) is 11.0. The van der Waals surface area contributed by atoms with E-state index in [-0.39, 0.29) is 0 Å². The molecule has 1 aromatic carbocycles. The highest BCUT2D eigenvalue weighted by Crippen LogP contribution is 2.20. The van der Waals surface area contributed by atoms with E-state index in [9.17, 15) is 0 Å². The molecule has 1 aromatic rings. The number of rotatable bonds is 9. The number of nitrogens with one attached hydrogen (secondary N) is 2. The Morgan fingerprint density at radius 1 is 1.17 bits per heavy atom. The summed E-state index contributed by atoms with van der Waals surface area (Å²) in [5, 5.41) is 6.80. The van der Waals surface area contributed by atoms with Gasteiger partial charge >= 0.3 is 0 Å². The second-order valence-electron chi connectivity index (χ2n) is 7.66. The first kappa shape index (κ1) is 21.7. The zero-order valence-corrected chi connectivity index (χ0v) is 18.0. The van der Waals surface area contributed by atoms with Gasteiger partial charge in [0.25, 0.3) is 0 Å².